The fourth-order valence-electron chi connectivity index (χ4n) is 2.61. The molecule has 0 aromatic carbocycles. The van der Waals surface area contributed by atoms with E-state index in [1.54, 1.807) is 7.11 Å². The van der Waals surface area contributed by atoms with Crippen LogP contribution in [0.25, 0.3) is 0 Å². The molecule has 8 heteroatoms. The first-order valence-corrected chi connectivity index (χ1v) is 8.65. The molecule has 0 atom stereocenters. The molecule has 0 radical (unpaired) electrons. The number of halogens is 1. The monoisotopic (exact) mass is 470 g/mol. The Morgan fingerprint density at radius 3 is 2.40 bits per heavy atom. The minimum Gasteiger partial charge on any atom is -0.381 e. The van der Waals surface area contributed by atoms with Crippen molar-refractivity contribution in [1.29, 1.82) is 0 Å². The summed E-state index contributed by atoms with van der Waals surface area (Å²) < 4.78 is 11.1. The molecule has 1 fully saturated rings. The molecule has 1 amide bonds. The first-order chi connectivity index (χ1) is 11.2. The summed E-state index contributed by atoms with van der Waals surface area (Å²) in [4.78, 5) is 18.7. The SMILES string of the molecule is CCNC(=NCC1(OC)CCOCC1)N(C)CC(=O)NC(C)(C)C.I. The van der Waals surface area contributed by atoms with Crippen molar-refractivity contribution in [3.63, 3.8) is 0 Å². The number of aliphatic imine (C=N–C) groups is 1. The van der Waals surface area contributed by atoms with E-state index in [-0.39, 0.29) is 47.6 Å². The van der Waals surface area contributed by atoms with Crippen LogP contribution < -0.4 is 10.6 Å². The zero-order chi connectivity index (χ0) is 18.2. The zero-order valence-corrected chi connectivity index (χ0v) is 18.8. The van der Waals surface area contributed by atoms with Gasteiger partial charge < -0.3 is 25.0 Å². The van der Waals surface area contributed by atoms with E-state index in [0.29, 0.717) is 25.7 Å². The quantitative estimate of drug-likeness (QED) is 0.351. The van der Waals surface area contributed by atoms with Crippen LogP contribution in [0.1, 0.15) is 40.5 Å². The molecule has 0 aromatic rings. The molecule has 1 saturated heterocycles. The van der Waals surface area contributed by atoms with Crippen molar-refractivity contribution in [2.75, 3.05) is 47.0 Å². The molecule has 0 unspecified atom stereocenters. The van der Waals surface area contributed by atoms with Crippen molar-refractivity contribution < 1.29 is 14.3 Å². The van der Waals surface area contributed by atoms with Crippen LogP contribution in [0.15, 0.2) is 4.99 Å². The van der Waals surface area contributed by atoms with Crippen molar-refractivity contribution in [2.45, 2.75) is 51.7 Å². The molecule has 0 aliphatic carbocycles. The number of likely N-dealkylation sites (N-methyl/N-ethyl adjacent to an activating group) is 1. The van der Waals surface area contributed by atoms with Crippen LogP contribution >= 0.6 is 24.0 Å². The molecule has 0 aromatic heterocycles. The van der Waals surface area contributed by atoms with Gasteiger partial charge in [0, 0.05) is 52.3 Å². The molecule has 1 heterocycles. The molecule has 7 nitrogen and oxygen atoms in total. The number of ether oxygens (including phenoxy) is 2. The summed E-state index contributed by atoms with van der Waals surface area (Å²) in [5.74, 6) is 0.688. The smallest absolute Gasteiger partial charge is 0.240 e. The highest BCUT2D eigenvalue weighted by atomic mass is 127. The van der Waals surface area contributed by atoms with Gasteiger partial charge in [0.15, 0.2) is 5.96 Å². The second kappa shape index (κ2) is 11.2. The fourth-order valence-corrected chi connectivity index (χ4v) is 2.61. The molecule has 0 saturated carbocycles. The Hall–Kier alpha value is -0.610. The van der Waals surface area contributed by atoms with Gasteiger partial charge in [-0.05, 0) is 27.7 Å². The van der Waals surface area contributed by atoms with E-state index < -0.39 is 0 Å². The molecule has 1 aliphatic rings. The third-order valence-corrected chi connectivity index (χ3v) is 3.95. The molecule has 1 aliphatic heterocycles. The lowest BCUT2D eigenvalue weighted by Crippen LogP contribution is -2.49. The van der Waals surface area contributed by atoms with Gasteiger partial charge in [0.25, 0.3) is 0 Å². The first-order valence-electron chi connectivity index (χ1n) is 8.65. The molecule has 0 spiro atoms. The van der Waals surface area contributed by atoms with Crippen molar-refractivity contribution in [3.8, 4) is 0 Å². The van der Waals surface area contributed by atoms with Gasteiger partial charge in [0.05, 0.1) is 18.7 Å². The zero-order valence-electron chi connectivity index (χ0n) is 16.5. The number of methoxy groups -OCH3 is 1. The number of nitrogens with one attached hydrogen (secondary N) is 2. The third-order valence-electron chi connectivity index (χ3n) is 3.95. The van der Waals surface area contributed by atoms with E-state index in [2.05, 4.69) is 10.6 Å². The molecular formula is C17H35IN4O3. The summed E-state index contributed by atoms with van der Waals surface area (Å²) >= 11 is 0. The summed E-state index contributed by atoms with van der Waals surface area (Å²) in [6.07, 6.45) is 1.67. The van der Waals surface area contributed by atoms with Crippen molar-refractivity contribution in [2.24, 2.45) is 4.99 Å². The summed E-state index contributed by atoms with van der Waals surface area (Å²) in [6.45, 7) is 10.9. The number of carbonyl (C=O) groups excluding carboxylic acids is 1. The highest BCUT2D eigenvalue weighted by molar-refractivity contribution is 14.0. The van der Waals surface area contributed by atoms with E-state index in [4.69, 9.17) is 14.5 Å². The summed E-state index contributed by atoms with van der Waals surface area (Å²) in [6, 6.07) is 0. The largest absolute Gasteiger partial charge is 0.381 e. The number of amides is 1. The number of nitrogens with zero attached hydrogens (tertiary/aromatic N) is 2. The Balaban J connectivity index is 0.00000576. The number of rotatable bonds is 6. The van der Waals surface area contributed by atoms with Gasteiger partial charge >= 0.3 is 0 Å². The molecular weight excluding hydrogens is 435 g/mol. The van der Waals surface area contributed by atoms with Gasteiger partial charge in [0.2, 0.25) is 5.91 Å². The second-order valence-electron chi connectivity index (χ2n) is 7.32. The van der Waals surface area contributed by atoms with Crippen LogP contribution in [0.3, 0.4) is 0 Å². The average molecular weight is 470 g/mol. The lowest BCUT2D eigenvalue weighted by atomic mass is 9.94. The standard InChI is InChI=1S/C17H34N4O3.HI/c1-7-18-15(21(5)12-14(22)20-16(2,3)4)19-13-17(23-6)8-10-24-11-9-17;/h7-13H2,1-6H3,(H,18,19)(H,20,22);1H. The van der Waals surface area contributed by atoms with Gasteiger partial charge in [-0.2, -0.15) is 0 Å². The minimum absolute atomic E-state index is 0. The van der Waals surface area contributed by atoms with Crippen LogP contribution in [0.2, 0.25) is 0 Å². The van der Waals surface area contributed by atoms with Crippen molar-refractivity contribution in [1.82, 2.24) is 15.5 Å². The Morgan fingerprint density at radius 2 is 1.92 bits per heavy atom. The second-order valence-corrected chi connectivity index (χ2v) is 7.32. The Morgan fingerprint density at radius 1 is 1.32 bits per heavy atom. The summed E-state index contributed by atoms with van der Waals surface area (Å²) in [5, 5.41) is 6.21. The molecule has 1 rings (SSSR count). The Kier molecular flexibility index (Phi) is 10.9. The molecule has 2 N–H and O–H groups in total. The number of hydrogen-bond donors (Lipinski definition) is 2. The van der Waals surface area contributed by atoms with Gasteiger partial charge in [0.1, 0.15) is 0 Å². The van der Waals surface area contributed by atoms with Gasteiger partial charge in [-0.1, -0.05) is 0 Å². The molecule has 148 valence electrons. The summed E-state index contributed by atoms with van der Waals surface area (Å²) in [5.41, 5.74) is -0.511. The van der Waals surface area contributed by atoms with Crippen LogP contribution in [0.4, 0.5) is 0 Å². The lowest BCUT2D eigenvalue weighted by molar-refractivity contribution is -0.122. The van der Waals surface area contributed by atoms with E-state index in [1.807, 2.05) is 39.6 Å². The van der Waals surface area contributed by atoms with Gasteiger partial charge in [-0.3, -0.25) is 9.79 Å². The van der Waals surface area contributed by atoms with E-state index in [9.17, 15) is 4.79 Å². The van der Waals surface area contributed by atoms with Crippen LogP contribution in [-0.2, 0) is 14.3 Å². The molecule has 25 heavy (non-hydrogen) atoms. The topological polar surface area (TPSA) is 75.2 Å². The van der Waals surface area contributed by atoms with Gasteiger partial charge in [-0.15, -0.1) is 24.0 Å². The molecule has 0 bridgehead atoms. The predicted molar refractivity (Wildman–Crippen MR) is 112 cm³/mol. The highest BCUT2D eigenvalue weighted by Gasteiger charge is 2.32. The van der Waals surface area contributed by atoms with Crippen molar-refractivity contribution >= 4 is 35.8 Å². The maximum absolute atomic E-state index is 12.1. The van der Waals surface area contributed by atoms with Crippen LogP contribution in [0, 0.1) is 0 Å². The fraction of sp³-hybridized carbons (Fsp3) is 0.882. The minimum atomic E-state index is -0.270. The normalized spacial score (nSPS) is 17.4. The van der Waals surface area contributed by atoms with Crippen molar-refractivity contribution in [3.05, 3.63) is 0 Å². The van der Waals surface area contributed by atoms with Crippen LogP contribution in [0.5, 0.6) is 0 Å². The number of carbonyl (C=O) groups is 1. The summed E-state index contributed by atoms with van der Waals surface area (Å²) in [7, 11) is 3.60. The van der Waals surface area contributed by atoms with E-state index in [0.717, 1.165) is 19.4 Å². The third kappa shape index (κ3) is 9.05. The predicted octanol–water partition coefficient (Wildman–Crippen LogP) is 1.61. The average Bonchev–Trinajstić information content (AvgIpc) is 2.50. The Bertz CT molecular complexity index is 432. The number of hydrogen-bond acceptors (Lipinski definition) is 4. The van der Waals surface area contributed by atoms with Gasteiger partial charge in [-0.25, -0.2) is 0 Å². The van der Waals surface area contributed by atoms with E-state index >= 15 is 0 Å². The number of guanidine groups is 1. The maximum atomic E-state index is 12.1. The first kappa shape index (κ1) is 24.4. The lowest BCUT2D eigenvalue weighted by Gasteiger charge is -2.35. The highest BCUT2D eigenvalue weighted by Crippen LogP contribution is 2.24. The maximum Gasteiger partial charge on any atom is 0.240 e. The Labute approximate surface area is 169 Å². The van der Waals surface area contributed by atoms with Crippen LogP contribution in [-0.4, -0.2) is 74.9 Å². The van der Waals surface area contributed by atoms with E-state index in [1.165, 1.54) is 0 Å².